The molecule has 148 valence electrons. The lowest BCUT2D eigenvalue weighted by molar-refractivity contribution is -0.135. The quantitative estimate of drug-likeness (QED) is 0.828. The molecule has 1 unspecified atom stereocenters. The summed E-state index contributed by atoms with van der Waals surface area (Å²) in [7, 11) is 0. The first-order chi connectivity index (χ1) is 12.5. The van der Waals surface area contributed by atoms with E-state index in [1.165, 1.54) is 6.07 Å². The van der Waals surface area contributed by atoms with Gasteiger partial charge in [0.25, 0.3) is 5.91 Å². The van der Waals surface area contributed by atoms with Crippen LogP contribution in [0.5, 0.6) is 0 Å². The molecular formula is C19H24ClF2N3O2. The average molecular weight is 400 g/mol. The monoisotopic (exact) mass is 399 g/mol. The Kier molecular flexibility index (Phi) is 5.72. The first-order valence-corrected chi connectivity index (χ1v) is 9.24. The molecule has 0 radical (unpaired) electrons. The maximum absolute atomic E-state index is 13.3. The van der Waals surface area contributed by atoms with Gasteiger partial charge < -0.3 is 15.1 Å². The van der Waals surface area contributed by atoms with Gasteiger partial charge >= 0.3 is 0 Å². The standard InChI is InChI=1S/C19H23F2N3O2.ClH/c20-15-2-1-13(11-16(15)21)17(25)23-7-9-24(10-8-23)18(26)14-12-19(14)3-5-22-6-4-19;/h1-2,11,14,22H,3-10,12H2;1H. The van der Waals surface area contributed by atoms with Crippen molar-refractivity contribution in [1.82, 2.24) is 15.1 Å². The zero-order chi connectivity index (χ0) is 18.3. The molecule has 3 aliphatic rings. The van der Waals surface area contributed by atoms with Crippen molar-refractivity contribution < 1.29 is 18.4 Å². The van der Waals surface area contributed by atoms with Crippen molar-refractivity contribution in [3.63, 3.8) is 0 Å². The van der Waals surface area contributed by atoms with Gasteiger partial charge in [0.2, 0.25) is 5.91 Å². The third-order valence-electron chi connectivity index (χ3n) is 6.13. The molecular weight excluding hydrogens is 376 g/mol. The molecule has 2 saturated heterocycles. The number of carbonyl (C=O) groups excluding carboxylic acids is 2. The Labute approximate surface area is 163 Å². The van der Waals surface area contributed by atoms with E-state index in [-0.39, 0.29) is 41.1 Å². The highest BCUT2D eigenvalue weighted by Crippen LogP contribution is 2.59. The van der Waals surface area contributed by atoms with Crippen LogP contribution in [0.4, 0.5) is 8.78 Å². The summed E-state index contributed by atoms with van der Waals surface area (Å²) in [6.07, 6.45) is 3.12. The number of rotatable bonds is 2. The maximum Gasteiger partial charge on any atom is 0.254 e. The van der Waals surface area contributed by atoms with E-state index in [2.05, 4.69) is 5.32 Å². The Morgan fingerprint density at radius 3 is 2.26 bits per heavy atom. The predicted octanol–water partition coefficient (Wildman–Crippen LogP) is 2.06. The van der Waals surface area contributed by atoms with E-state index in [0.29, 0.717) is 26.2 Å². The van der Waals surface area contributed by atoms with E-state index in [1.807, 2.05) is 4.90 Å². The van der Waals surface area contributed by atoms with Crippen LogP contribution in [0.2, 0.25) is 0 Å². The van der Waals surface area contributed by atoms with Crippen molar-refractivity contribution in [3.05, 3.63) is 35.4 Å². The normalized spacial score (nSPS) is 23.7. The first-order valence-electron chi connectivity index (χ1n) is 9.24. The highest BCUT2D eigenvalue weighted by Gasteiger charge is 2.58. The second-order valence-corrected chi connectivity index (χ2v) is 7.62. The van der Waals surface area contributed by atoms with E-state index in [0.717, 1.165) is 44.5 Å². The van der Waals surface area contributed by atoms with Crippen molar-refractivity contribution in [2.45, 2.75) is 19.3 Å². The Hall–Kier alpha value is -1.73. The van der Waals surface area contributed by atoms with Crippen molar-refractivity contribution in [2.24, 2.45) is 11.3 Å². The number of piperazine rings is 1. The molecule has 2 heterocycles. The van der Waals surface area contributed by atoms with Gasteiger partial charge in [-0.25, -0.2) is 8.78 Å². The average Bonchev–Trinajstić information content (AvgIpc) is 3.36. The Morgan fingerprint density at radius 1 is 1.00 bits per heavy atom. The van der Waals surface area contributed by atoms with E-state index >= 15 is 0 Å². The van der Waals surface area contributed by atoms with Crippen LogP contribution in [0.15, 0.2) is 18.2 Å². The molecule has 8 heteroatoms. The maximum atomic E-state index is 13.3. The number of halogens is 3. The lowest BCUT2D eigenvalue weighted by Crippen LogP contribution is -2.51. The minimum Gasteiger partial charge on any atom is -0.339 e. The van der Waals surface area contributed by atoms with Crippen molar-refractivity contribution in [3.8, 4) is 0 Å². The van der Waals surface area contributed by atoms with E-state index in [1.54, 1.807) is 4.90 Å². The van der Waals surface area contributed by atoms with Crippen molar-refractivity contribution in [1.29, 1.82) is 0 Å². The number of hydrogen-bond acceptors (Lipinski definition) is 3. The largest absolute Gasteiger partial charge is 0.339 e. The van der Waals surface area contributed by atoms with Crippen LogP contribution in [0.25, 0.3) is 0 Å². The summed E-state index contributed by atoms with van der Waals surface area (Å²) in [4.78, 5) is 28.7. The summed E-state index contributed by atoms with van der Waals surface area (Å²) in [5, 5.41) is 3.34. The van der Waals surface area contributed by atoms with Crippen LogP contribution in [0, 0.1) is 23.0 Å². The number of nitrogens with one attached hydrogen (secondary N) is 1. The fraction of sp³-hybridized carbons (Fsp3) is 0.579. The number of piperidine rings is 1. The summed E-state index contributed by atoms with van der Waals surface area (Å²) in [6, 6.07) is 3.19. The molecule has 4 rings (SSSR count). The molecule has 1 aromatic carbocycles. The van der Waals surface area contributed by atoms with Crippen LogP contribution in [0.1, 0.15) is 29.6 Å². The molecule has 2 amide bonds. The second kappa shape index (κ2) is 7.72. The lowest BCUT2D eigenvalue weighted by atomic mass is 9.91. The van der Waals surface area contributed by atoms with Crippen LogP contribution < -0.4 is 5.32 Å². The third kappa shape index (κ3) is 3.80. The van der Waals surface area contributed by atoms with Gasteiger partial charge in [0.15, 0.2) is 11.6 Å². The van der Waals surface area contributed by atoms with Crippen LogP contribution in [0.3, 0.4) is 0 Å². The molecule has 3 fully saturated rings. The Balaban J connectivity index is 0.00000210. The summed E-state index contributed by atoms with van der Waals surface area (Å²) < 4.78 is 26.4. The molecule has 0 aromatic heterocycles. The zero-order valence-electron chi connectivity index (χ0n) is 15.0. The zero-order valence-corrected chi connectivity index (χ0v) is 15.9. The van der Waals surface area contributed by atoms with Gasteiger partial charge in [-0.1, -0.05) is 0 Å². The lowest BCUT2D eigenvalue weighted by Gasteiger charge is -2.35. The van der Waals surface area contributed by atoms with Crippen LogP contribution in [-0.4, -0.2) is 60.9 Å². The van der Waals surface area contributed by atoms with Crippen LogP contribution >= 0.6 is 12.4 Å². The minimum atomic E-state index is -1.02. The van der Waals surface area contributed by atoms with Gasteiger partial charge in [-0.05, 0) is 56.0 Å². The molecule has 1 aromatic rings. The summed E-state index contributed by atoms with van der Waals surface area (Å²) in [5.41, 5.74) is 0.348. The second-order valence-electron chi connectivity index (χ2n) is 7.62. The van der Waals surface area contributed by atoms with Crippen LogP contribution in [-0.2, 0) is 4.79 Å². The molecule has 1 atom stereocenters. The topological polar surface area (TPSA) is 52.7 Å². The molecule has 1 N–H and O–H groups in total. The smallest absolute Gasteiger partial charge is 0.254 e. The molecule has 5 nitrogen and oxygen atoms in total. The molecule has 2 aliphatic heterocycles. The number of amides is 2. The van der Waals surface area contributed by atoms with Gasteiger partial charge in [-0.3, -0.25) is 9.59 Å². The predicted molar refractivity (Wildman–Crippen MR) is 98.7 cm³/mol. The van der Waals surface area contributed by atoms with Gasteiger partial charge in [0.05, 0.1) is 0 Å². The fourth-order valence-corrected chi connectivity index (χ4v) is 4.34. The fourth-order valence-electron chi connectivity index (χ4n) is 4.34. The molecule has 0 bridgehead atoms. The van der Waals surface area contributed by atoms with E-state index in [4.69, 9.17) is 0 Å². The van der Waals surface area contributed by atoms with Gasteiger partial charge in [-0.2, -0.15) is 0 Å². The summed E-state index contributed by atoms with van der Waals surface area (Å²) >= 11 is 0. The van der Waals surface area contributed by atoms with E-state index < -0.39 is 11.6 Å². The highest BCUT2D eigenvalue weighted by atomic mass is 35.5. The molecule has 1 aliphatic carbocycles. The van der Waals surface area contributed by atoms with Crippen molar-refractivity contribution >= 4 is 24.2 Å². The Morgan fingerprint density at radius 2 is 1.63 bits per heavy atom. The number of nitrogens with zero attached hydrogens (tertiary/aromatic N) is 2. The van der Waals surface area contributed by atoms with Gasteiger partial charge in [0, 0.05) is 37.7 Å². The Bertz CT molecular complexity index is 732. The van der Waals surface area contributed by atoms with Gasteiger partial charge in [0.1, 0.15) is 0 Å². The summed E-state index contributed by atoms with van der Waals surface area (Å²) in [6.45, 7) is 3.81. The first kappa shape index (κ1) is 20.0. The molecule has 27 heavy (non-hydrogen) atoms. The highest BCUT2D eigenvalue weighted by molar-refractivity contribution is 5.94. The number of benzene rings is 1. The van der Waals surface area contributed by atoms with Gasteiger partial charge in [-0.15, -0.1) is 12.4 Å². The van der Waals surface area contributed by atoms with Crippen molar-refractivity contribution in [2.75, 3.05) is 39.3 Å². The SMILES string of the molecule is Cl.O=C(c1ccc(F)c(F)c1)N1CCN(C(=O)C2CC23CCNCC3)CC1. The molecule has 1 spiro atoms. The number of hydrogen-bond donors (Lipinski definition) is 1. The summed E-state index contributed by atoms with van der Waals surface area (Å²) in [5.74, 6) is -1.96. The number of carbonyl (C=O) groups is 2. The third-order valence-corrected chi connectivity index (χ3v) is 6.13. The molecule has 1 saturated carbocycles. The minimum absolute atomic E-state index is 0. The van der Waals surface area contributed by atoms with E-state index in [9.17, 15) is 18.4 Å².